The molecule has 0 bridgehead atoms. The van der Waals surface area contributed by atoms with E-state index in [1.807, 2.05) is 42.6 Å². The summed E-state index contributed by atoms with van der Waals surface area (Å²) in [6.07, 6.45) is 3.60. The van der Waals surface area contributed by atoms with Crippen molar-refractivity contribution in [3.63, 3.8) is 0 Å². The number of pyridine rings is 1. The number of para-hydroxylation sites is 2. The highest BCUT2D eigenvalue weighted by atomic mass is 32.1. The lowest BCUT2D eigenvalue weighted by Crippen LogP contribution is -2.00. The third kappa shape index (κ3) is 6.20. The summed E-state index contributed by atoms with van der Waals surface area (Å²) in [5.74, 6) is 1.83. The van der Waals surface area contributed by atoms with E-state index < -0.39 is 0 Å². The maximum Gasteiger partial charge on any atom is 0.164 e. The van der Waals surface area contributed by atoms with Gasteiger partial charge in [0.25, 0.3) is 0 Å². The summed E-state index contributed by atoms with van der Waals surface area (Å²) in [7, 11) is 0. The maximum absolute atomic E-state index is 5.06. The Kier molecular flexibility index (Phi) is 8.53. The molecule has 7 aromatic carbocycles. The first kappa shape index (κ1) is 35.7. The molecule has 0 aliphatic heterocycles. The fourth-order valence-corrected chi connectivity index (χ4v) is 9.52. The van der Waals surface area contributed by atoms with E-state index in [0.29, 0.717) is 17.5 Å². The van der Waals surface area contributed by atoms with Crippen LogP contribution in [-0.4, -0.2) is 34.5 Å². The second kappa shape index (κ2) is 14.8. The number of aromatic nitrogens is 7. The molecule has 8 heteroatoms. The Labute approximate surface area is 360 Å². The number of benzene rings is 7. The minimum absolute atomic E-state index is 0.602. The van der Waals surface area contributed by atoms with Gasteiger partial charge in [0.2, 0.25) is 0 Å². The lowest BCUT2D eigenvalue weighted by molar-refractivity contribution is 1.07. The van der Waals surface area contributed by atoms with Gasteiger partial charge in [-0.25, -0.2) is 29.9 Å². The molecule has 62 heavy (non-hydrogen) atoms. The Morgan fingerprint density at radius 2 is 0.887 bits per heavy atom. The van der Waals surface area contributed by atoms with E-state index in [1.165, 1.54) is 27.4 Å². The number of nitrogens with zero attached hydrogens (tertiary/aromatic N) is 7. The van der Waals surface area contributed by atoms with Crippen LogP contribution >= 0.6 is 11.3 Å². The largest absolute Gasteiger partial charge is 0.309 e. The third-order valence-electron chi connectivity index (χ3n) is 11.5. The molecular formula is C54H33N7S. The molecule has 0 fully saturated rings. The number of fused-ring (bicyclic) bond motifs is 6. The van der Waals surface area contributed by atoms with Gasteiger partial charge in [0.15, 0.2) is 17.5 Å². The summed E-state index contributed by atoms with van der Waals surface area (Å²) in [5.41, 5.74) is 13.3. The molecule has 5 heterocycles. The predicted molar refractivity (Wildman–Crippen MR) is 253 cm³/mol. The summed E-state index contributed by atoms with van der Waals surface area (Å²) in [4.78, 5) is 30.5. The van der Waals surface area contributed by atoms with Gasteiger partial charge in [-0.05, 0) is 65.2 Å². The Morgan fingerprint density at radius 3 is 1.55 bits per heavy atom. The second-order valence-electron chi connectivity index (χ2n) is 15.2. The topological polar surface area (TPSA) is 82.3 Å². The number of hydrogen-bond acceptors (Lipinski definition) is 7. The first-order chi connectivity index (χ1) is 30.7. The summed E-state index contributed by atoms with van der Waals surface area (Å²) in [6, 6.07) is 65.2. The minimum Gasteiger partial charge on any atom is -0.309 e. The molecule has 7 nitrogen and oxygen atoms in total. The van der Waals surface area contributed by atoms with Crippen LogP contribution in [0.25, 0.3) is 116 Å². The summed E-state index contributed by atoms with van der Waals surface area (Å²) < 4.78 is 3.34. The van der Waals surface area contributed by atoms with Crippen molar-refractivity contribution < 1.29 is 0 Å². The molecule has 0 aliphatic rings. The van der Waals surface area contributed by atoms with Gasteiger partial charge in [-0.2, -0.15) is 0 Å². The van der Waals surface area contributed by atoms with Crippen LogP contribution < -0.4 is 0 Å². The van der Waals surface area contributed by atoms with Crippen LogP contribution in [0.4, 0.5) is 0 Å². The van der Waals surface area contributed by atoms with Crippen molar-refractivity contribution in [1.29, 1.82) is 0 Å². The summed E-state index contributed by atoms with van der Waals surface area (Å²) in [6.45, 7) is 0. The summed E-state index contributed by atoms with van der Waals surface area (Å²) in [5, 5.41) is 3.47. The molecule has 5 aromatic heterocycles. The molecule has 290 valence electrons. The van der Waals surface area contributed by atoms with Gasteiger partial charge in [-0.15, -0.1) is 11.3 Å². The van der Waals surface area contributed by atoms with Gasteiger partial charge >= 0.3 is 0 Å². The molecular weight excluding hydrogens is 779 g/mol. The zero-order chi connectivity index (χ0) is 41.0. The van der Waals surface area contributed by atoms with E-state index in [9.17, 15) is 0 Å². The maximum atomic E-state index is 5.06. The molecule has 12 rings (SSSR count). The van der Waals surface area contributed by atoms with Crippen LogP contribution in [0.5, 0.6) is 0 Å². The molecule has 0 amide bonds. The van der Waals surface area contributed by atoms with E-state index in [4.69, 9.17) is 29.9 Å². The van der Waals surface area contributed by atoms with Crippen molar-refractivity contribution in [2.24, 2.45) is 0 Å². The lowest BCUT2D eigenvalue weighted by Gasteiger charge is -2.11. The Hall–Kier alpha value is -8.20. The van der Waals surface area contributed by atoms with E-state index in [-0.39, 0.29) is 0 Å². The molecule has 0 spiro atoms. The minimum atomic E-state index is 0.602. The normalized spacial score (nSPS) is 11.5. The Bertz CT molecular complexity index is 3570. The van der Waals surface area contributed by atoms with Crippen LogP contribution in [0.2, 0.25) is 0 Å². The molecule has 0 atom stereocenters. The standard InChI is InChI=1S/C54H33N7S/c1-3-12-34(13-4-1)39-16-11-17-40(30-39)48-50-49(57-33-56-48)45-31-41(32-55-54(45)62-50)35-22-24-37(25-23-35)52-58-51(36-14-5-2-6-15-36)59-53(60-52)38-26-28-42(29-27-38)61-46-20-9-7-18-43(46)44-19-8-10-21-47(44)61/h1-33H. The Morgan fingerprint density at radius 1 is 0.371 bits per heavy atom. The van der Waals surface area contributed by atoms with Gasteiger partial charge in [0.05, 0.1) is 26.9 Å². The van der Waals surface area contributed by atoms with Crippen LogP contribution in [0.15, 0.2) is 201 Å². The van der Waals surface area contributed by atoms with Crippen LogP contribution in [0.1, 0.15) is 0 Å². The van der Waals surface area contributed by atoms with Gasteiger partial charge in [0, 0.05) is 55.9 Å². The van der Waals surface area contributed by atoms with Crippen LogP contribution in [0.3, 0.4) is 0 Å². The van der Waals surface area contributed by atoms with Crippen molar-refractivity contribution in [2.75, 3.05) is 0 Å². The molecule has 0 unspecified atom stereocenters. The Balaban J connectivity index is 0.888. The average Bonchev–Trinajstić information content (AvgIpc) is 3.90. The molecule has 0 N–H and O–H groups in total. The highest BCUT2D eigenvalue weighted by Gasteiger charge is 2.18. The van der Waals surface area contributed by atoms with E-state index >= 15 is 0 Å². The molecule has 0 aliphatic carbocycles. The monoisotopic (exact) mass is 811 g/mol. The zero-order valence-electron chi connectivity index (χ0n) is 33.1. The molecule has 0 saturated heterocycles. The van der Waals surface area contributed by atoms with E-state index in [2.05, 4.69) is 156 Å². The first-order valence-corrected chi connectivity index (χ1v) is 21.2. The summed E-state index contributed by atoms with van der Waals surface area (Å²) >= 11 is 1.63. The lowest BCUT2D eigenvalue weighted by atomic mass is 10.0. The smallest absolute Gasteiger partial charge is 0.164 e. The molecule has 0 saturated carbocycles. The van der Waals surface area contributed by atoms with Crippen molar-refractivity contribution in [1.82, 2.24) is 34.5 Å². The van der Waals surface area contributed by atoms with E-state index in [0.717, 1.165) is 70.8 Å². The van der Waals surface area contributed by atoms with Gasteiger partial charge < -0.3 is 4.57 Å². The van der Waals surface area contributed by atoms with Crippen LogP contribution in [0, 0.1) is 0 Å². The van der Waals surface area contributed by atoms with Gasteiger partial charge in [-0.3, -0.25) is 0 Å². The predicted octanol–water partition coefficient (Wildman–Crippen LogP) is 13.5. The van der Waals surface area contributed by atoms with E-state index in [1.54, 1.807) is 17.7 Å². The van der Waals surface area contributed by atoms with Crippen molar-refractivity contribution in [3.8, 4) is 73.4 Å². The number of thiophene rings is 1. The van der Waals surface area contributed by atoms with Gasteiger partial charge in [0.1, 0.15) is 11.2 Å². The SMILES string of the molecule is c1ccc(-c2cccc(-c3ncnc4c3sc3ncc(-c5ccc(-c6nc(-c7ccccc7)nc(-c7ccc(-n8c9ccccc9c9ccccc98)cc7)n6)cc5)cc34)c2)cc1. The second-order valence-corrected chi connectivity index (χ2v) is 16.2. The average molecular weight is 812 g/mol. The van der Waals surface area contributed by atoms with Crippen molar-refractivity contribution in [3.05, 3.63) is 201 Å². The van der Waals surface area contributed by atoms with Crippen molar-refractivity contribution >= 4 is 53.6 Å². The third-order valence-corrected chi connectivity index (χ3v) is 12.6. The highest BCUT2D eigenvalue weighted by molar-refractivity contribution is 7.25. The van der Waals surface area contributed by atoms with Gasteiger partial charge in [-0.1, -0.05) is 140 Å². The van der Waals surface area contributed by atoms with Crippen molar-refractivity contribution in [2.45, 2.75) is 0 Å². The number of rotatable bonds is 7. The quantitative estimate of drug-likeness (QED) is 0.159. The first-order valence-electron chi connectivity index (χ1n) is 20.4. The molecule has 12 aromatic rings. The fraction of sp³-hybridized carbons (Fsp3) is 0. The zero-order valence-corrected chi connectivity index (χ0v) is 33.9. The molecule has 0 radical (unpaired) electrons. The fourth-order valence-electron chi connectivity index (χ4n) is 8.42. The highest BCUT2D eigenvalue weighted by Crippen LogP contribution is 2.39. The van der Waals surface area contributed by atoms with Crippen LogP contribution in [-0.2, 0) is 0 Å². The number of hydrogen-bond donors (Lipinski definition) is 0.